The summed E-state index contributed by atoms with van der Waals surface area (Å²) in [5, 5.41) is 27.2. The third-order valence-electron chi connectivity index (χ3n) is 2.34. The fraction of sp³-hybridized carbons (Fsp3) is 0.273. The van der Waals surface area contributed by atoms with Crippen LogP contribution in [0.25, 0.3) is 0 Å². The summed E-state index contributed by atoms with van der Waals surface area (Å²) in [5.41, 5.74) is 0.218. The van der Waals surface area contributed by atoms with Crippen molar-refractivity contribution in [3.8, 4) is 5.75 Å². The van der Waals surface area contributed by atoms with E-state index < -0.39 is 4.92 Å². The topological polar surface area (TPSA) is 112 Å². The smallest absolute Gasteiger partial charge is 0.270 e. The highest BCUT2D eigenvalue weighted by atomic mass is 16.6. The Labute approximate surface area is 107 Å². The van der Waals surface area contributed by atoms with E-state index in [1.807, 2.05) is 0 Å². The van der Waals surface area contributed by atoms with Crippen molar-refractivity contribution in [3.63, 3.8) is 0 Å². The van der Waals surface area contributed by atoms with E-state index in [0.717, 1.165) is 0 Å². The van der Waals surface area contributed by atoms with E-state index in [1.54, 1.807) is 6.92 Å². The Kier molecular flexibility index (Phi) is 3.71. The fourth-order valence-electron chi connectivity index (χ4n) is 1.48. The number of aliphatic hydroxyl groups excluding tert-OH is 1. The molecular formula is C11H11N3O5. The second-order valence-electron chi connectivity index (χ2n) is 3.71. The molecule has 19 heavy (non-hydrogen) atoms. The highest BCUT2D eigenvalue weighted by molar-refractivity contribution is 5.43. The van der Waals surface area contributed by atoms with Crippen molar-refractivity contribution in [2.24, 2.45) is 0 Å². The summed E-state index contributed by atoms with van der Waals surface area (Å²) in [5.74, 6) is 1.05. The normalized spacial score (nSPS) is 10.4. The minimum atomic E-state index is -0.537. The number of rotatable bonds is 5. The predicted molar refractivity (Wildman–Crippen MR) is 62.4 cm³/mol. The van der Waals surface area contributed by atoms with Crippen molar-refractivity contribution >= 4 is 5.69 Å². The van der Waals surface area contributed by atoms with E-state index in [4.69, 9.17) is 9.15 Å². The molecule has 100 valence electrons. The molecule has 0 fully saturated rings. The lowest BCUT2D eigenvalue weighted by molar-refractivity contribution is -0.385. The molecule has 0 amide bonds. The summed E-state index contributed by atoms with van der Waals surface area (Å²) in [7, 11) is 0. The average Bonchev–Trinajstić information content (AvgIpc) is 2.81. The standard InChI is InChI=1S/C11H11N3O5/c1-7-12-13-11(19-7)6-18-10-3-2-9(14(16)17)4-8(10)5-15/h2-4,15H,5-6H2,1H3. The number of nitrogens with zero attached hydrogens (tertiary/aromatic N) is 3. The van der Waals surface area contributed by atoms with Gasteiger partial charge < -0.3 is 14.3 Å². The summed E-state index contributed by atoms with van der Waals surface area (Å²) in [6.45, 7) is 1.33. The zero-order chi connectivity index (χ0) is 13.8. The number of aliphatic hydroxyl groups is 1. The zero-order valence-electron chi connectivity index (χ0n) is 10.1. The number of aromatic nitrogens is 2. The monoisotopic (exact) mass is 265 g/mol. The Morgan fingerprint density at radius 3 is 2.84 bits per heavy atom. The van der Waals surface area contributed by atoms with Gasteiger partial charge in [-0.05, 0) is 6.07 Å². The SMILES string of the molecule is Cc1nnc(COc2ccc([N+](=O)[O-])cc2CO)o1. The van der Waals surface area contributed by atoms with Gasteiger partial charge in [-0.2, -0.15) is 0 Å². The average molecular weight is 265 g/mol. The van der Waals surface area contributed by atoms with Crippen LogP contribution in [0.15, 0.2) is 22.6 Å². The van der Waals surface area contributed by atoms with Gasteiger partial charge in [0.25, 0.3) is 11.6 Å². The molecule has 0 bridgehead atoms. The van der Waals surface area contributed by atoms with E-state index in [9.17, 15) is 15.2 Å². The van der Waals surface area contributed by atoms with Crippen LogP contribution in [0.2, 0.25) is 0 Å². The molecular weight excluding hydrogens is 254 g/mol. The maximum Gasteiger partial charge on any atom is 0.270 e. The highest BCUT2D eigenvalue weighted by Crippen LogP contribution is 2.24. The molecule has 0 aliphatic carbocycles. The lowest BCUT2D eigenvalue weighted by Gasteiger charge is -2.07. The molecule has 2 rings (SSSR count). The quantitative estimate of drug-likeness (QED) is 0.641. The lowest BCUT2D eigenvalue weighted by Crippen LogP contribution is -2.00. The Bertz CT molecular complexity index is 596. The van der Waals surface area contributed by atoms with E-state index in [0.29, 0.717) is 23.1 Å². The maximum absolute atomic E-state index is 10.6. The van der Waals surface area contributed by atoms with E-state index >= 15 is 0 Å². The van der Waals surface area contributed by atoms with Crippen LogP contribution in [0.5, 0.6) is 5.75 Å². The van der Waals surface area contributed by atoms with Gasteiger partial charge in [0.15, 0.2) is 6.61 Å². The number of ether oxygens (including phenoxy) is 1. The van der Waals surface area contributed by atoms with Gasteiger partial charge in [-0.3, -0.25) is 10.1 Å². The van der Waals surface area contributed by atoms with Gasteiger partial charge in [0, 0.05) is 24.6 Å². The van der Waals surface area contributed by atoms with Crippen LogP contribution in [-0.4, -0.2) is 20.2 Å². The molecule has 0 aliphatic heterocycles. The van der Waals surface area contributed by atoms with E-state index in [-0.39, 0.29) is 18.9 Å². The molecule has 8 heteroatoms. The summed E-state index contributed by atoms with van der Waals surface area (Å²) >= 11 is 0. The van der Waals surface area contributed by atoms with Crippen LogP contribution < -0.4 is 4.74 Å². The van der Waals surface area contributed by atoms with Crippen molar-refractivity contribution in [2.45, 2.75) is 20.1 Å². The van der Waals surface area contributed by atoms with Crippen LogP contribution in [0.3, 0.4) is 0 Å². The first-order valence-electron chi connectivity index (χ1n) is 5.40. The summed E-state index contributed by atoms with van der Waals surface area (Å²) < 4.78 is 10.5. The molecule has 2 aromatic rings. The predicted octanol–water partition coefficient (Wildman–Crippen LogP) is 1.36. The minimum absolute atomic E-state index is 0.0334. The second kappa shape index (κ2) is 5.44. The van der Waals surface area contributed by atoms with Gasteiger partial charge in [0.2, 0.25) is 5.89 Å². The first kappa shape index (κ1) is 13.0. The van der Waals surface area contributed by atoms with Crippen LogP contribution >= 0.6 is 0 Å². The molecule has 8 nitrogen and oxygen atoms in total. The number of nitro groups is 1. The van der Waals surface area contributed by atoms with Crippen molar-refractivity contribution in [1.29, 1.82) is 0 Å². The first-order valence-corrected chi connectivity index (χ1v) is 5.40. The molecule has 1 N–H and O–H groups in total. The Morgan fingerprint density at radius 2 is 2.26 bits per heavy atom. The number of hydrogen-bond acceptors (Lipinski definition) is 7. The molecule has 0 saturated heterocycles. The fourth-order valence-corrected chi connectivity index (χ4v) is 1.48. The minimum Gasteiger partial charge on any atom is -0.483 e. The molecule has 0 spiro atoms. The van der Waals surface area contributed by atoms with Gasteiger partial charge in [0.1, 0.15) is 5.75 Å². The van der Waals surface area contributed by atoms with Gasteiger partial charge in [-0.15, -0.1) is 10.2 Å². The van der Waals surface area contributed by atoms with Crippen molar-refractivity contribution in [1.82, 2.24) is 10.2 Å². The third kappa shape index (κ3) is 3.05. The number of aryl methyl sites for hydroxylation is 1. The summed E-state index contributed by atoms with van der Waals surface area (Å²) in [4.78, 5) is 10.1. The van der Waals surface area contributed by atoms with Crippen molar-refractivity contribution in [3.05, 3.63) is 45.7 Å². The number of hydrogen-bond donors (Lipinski definition) is 1. The zero-order valence-corrected chi connectivity index (χ0v) is 10.1. The molecule has 0 radical (unpaired) electrons. The Morgan fingerprint density at radius 1 is 1.47 bits per heavy atom. The second-order valence-corrected chi connectivity index (χ2v) is 3.71. The first-order chi connectivity index (χ1) is 9.10. The maximum atomic E-state index is 10.6. The highest BCUT2D eigenvalue weighted by Gasteiger charge is 2.12. The van der Waals surface area contributed by atoms with Gasteiger partial charge in [-0.1, -0.05) is 0 Å². The number of non-ortho nitro benzene ring substituents is 1. The molecule has 0 aliphatic rings. The molecule has 1 aromatic carbocycles. The molecule has 1 aromatic heterocycles. The van der Waals surface area contributed by atoms with Gasteiger partial charge in [-0.25, -0.2) is 0 Å². The summed E-state index contributed by atoms with van der Waals surface area (Å²) in [6.07, 6.45) is 0. The largest absolute Gasteiger partial charge is 0.483 e. The van der Waals surface area contributed by atoms with Crippen molar-refractivity contribution < 1.29 is 19.2 Å². The van der Waals surface area contributed by atoms with Crippen LogP contribution in [0, 0.1) is 17.0 Å². The van der Waals surface area contributed by atoms with Crippen molar-refractivity contribution in [2.75, 3.05) is 0 Å². The molecule has 1 heterocycles. The molecule has 0 atom stereocenters. The van der Waals surface area contributed by atoms with Gasteiger partial charge in [0.05, 0.1) is 11.5 Å². The number of benzene rings is 1. The van der Waals surface area contributed by atoms with Crippen LogP contribution in [0.4, 0.5) is 5.69 Å². The van der Waals surface area contributed by atoms with E-state index in [2.05, 4.69) is 10.2 Å². The Balaban J connectivity index is 2.13. The van der Waals surface area contributed by atoms with Crippen LogP contribution in [-0.2, 0) is 13.2 Å². The Hall–Kier alpha value is -2.48. The molecule has 0 unspecified atom stereocenters. The van der Waals surface area contributed by atoms with Gasteiger partial charge >= 0.3 is 0 Å². The summed E-state index contributed by atoms with van der Waals surface area (Å²) in [6, 6.07) is 3.98. The third-order valence-corrected chi connectivity index (χ3v) is 2.34. The molecule has 0 saturated carbocycles. The van der Waals surface area contributed by atoms with Crippen LogP contribution in [0.1, 0.15) is 17.3 Å². The number of nitro benzene ring substituents is 1. The van der Waals surface area contributed by atoms with E-state index in [1.165, 1.54) is 18.2 Å². The lowest BCUT2D eigenvalue weighted by atomic mass is 10.2.